The molecule has 0 aromatic carbocycles. The van der Waals surface area contributed by atoms with E-state index in [1.165, 1.54) is 0 Å². The molecule has 16 heavy (non-hydrogen) atoms. The van der Waals surface area contributed by atoms with Crippen LogP contribution in [-0.4, -0.2) is 36.5 Å². The minimum Gasteiger partial charge on any atom is -0.350 e. The molecule has 2 fully saturated rings. The van der Waals surface area contributed by atoms with Gasteiger partial charge >= 0.3 is 0 Å². The number of nitrogens with one attached hydrogen (secondary N) is 3. The lowest BCUT2D eigenvalue weighted by Crippen LogP contribution is -2.55. The third-order valence-electron chi connectivity index (χ3n) is 3.40. The maximum Gasteiger partial charge on any atom is 0.242 e. The van der Waals surface area contributed by atoms with Crippen LogP contribution in [0.25, 0.3) is 0 Å². The minimum absolute atomic E-state index is 0.0185. The fraction of sp³-hybridized carbons (Fsp3) is 0.818. The van der Waals surface area contributed by atoms with E-state index in [1.54, 1.807) is 0 Å². The second-order valence-corrected chi connectivity index (χ2v) is 4.66. The first-order valence-corrected chi connectivity index (χ1v) is 6.00. The first-order valence-electron chi connectivity index (χ1n) is 6.00. The van der Waals surface area contributed by atoms with Gasteiger partial charge < -0.3 is 16.0 Å². The van der Waals surface area contributed by atoms with Crippen molar-refractivity contribution in [3.05, 3.63) is 0 Å². The van der Waals surface area contributed by atoms with Crippen LogP contribution < -0.4 is 16.0 Å². The van der Waals surface area contributed by atoms with E-state index in [-0.39, 0.29) is 23.9 Å². The molecule has 0 aromatic rings. The van der Waals surface area contributed by atoms with Crippen LogP contribution >= 0.6 is 0 Å². The second-order valence-electron chi connectivity index (χ2n) is 4.66. The Morgan fingerprint density at radius 2 is 2.25 bits per heavy atom. The third-order valence-corrected chi connectivity index (χ3v) is 3.40. The third kappa shape index (κ3) is 2.52. The Bertz CT molecular complexity index is 293. The monoisotopic (exact) mass is 225 g/mol. The zero-order chi connectivity index (χ0) is 11.5. The Kier molecular flexibility index (Phi) is 3.43. The lowest BCUT2D eigenvalue weighted by atomic mass is 9.99. The standard InChI is InChI=1S/C11H19N3O2/c1-7-8(3-2-6-12-7)14-11(16)9-4-5-10(15)13-9/h7-9,12H,2-6H2,1H3,(H,13,15)(H,14,16)/t7?,8?,9-/m0/s1. The van der Waals surface area contributed by atoms with Gasteiger partial charge in [-0.1, -0.05) is 0 Å². The van der Waals surface area contributed by atoms with Crippen LogP contribution in [-0.2, 0) is 9.59 Å². The molecule has 0 saturated carbocycles. The van der Waals surface area contributed by atoms with Gasteiger partial charge in [-0.3, -0.25) is 9.59 Å². The van der Waals surface area contributed by atoms with Gasteiger partial charge in [-0.15, -0.1) is 0 Å². The average molecular weight is 225 g/mol. The zero-order valence-electron chi connectivity index (χ0n) is 9.58. The molecule has 0 aromatic heterocycles. The van der Waals surface area contributed by atoms with Crippen molar-refractivity contribution in [2.45, 2.75) is 50.7 Å². The quantitative estimate of drug-likeness (QED) is 0.594. The Hall–Kier alpha value is -1.10. The molecule has 90 valence electrons. The lowest BCUT2D eigenvalue weighted by molar-refractivity contribution is -0.126. The first kappa shape index (κ1) is 11.4. The SMILES string of the molecule is CC1NCCCC1NC(=O)[C@@H]1CCC(=O)N1. The average Bonchev–Trinajstić information content (AvgIpc) is 2.68. The van der Waals surface area contributed by atoms with E-state index in [0.717, 1.165) is 19.4 Å². The summed E-state index contributed by atoms with van der Waals surface area (Å²) in [6.07, 6.45) is 3.20. The fourth-order valence-electron chi connectivity index (χ4n) is 2.34. The van der Waals surface area contributed by atoms with Crippen LogP contribution in [0.15, 0.2) is 0 Å². The molecule has 2 saturated heterocycles. The van der Waals surface area contributed by atoms with Crippen LogP contribution in [0.1, 0.15) is 32.6 Å². The summed E-state index contributed by atoms with van der Waals surface area (Å²) >= 11 is 0. The van der Waals surface area contributed by atoms with Crippen LogP contribution in [0.5, 0.6) is 0 Å². The molecule has 0 bridgehead atoms. The van der Waals surface area contributed by atoms with Crippen molar-refractivity contribution < 1.29 is 9.59 Å². The van der Waals surface area contributed by atoms with Crippen LogP contribution in [0.3, 0.4) is 0 Å². The highest BCUT2D eigenvalue weighted by Crippen LogP contribution is 2.11. The van der Waals surface area contributed by atoms with E-state index in [0.29, 0.717) is 18.9 Å². The molecule has 2 aliphatic heterocycles. The Balaban J connectivity index is 1.84. The maximum absolute atomic E-state index is 11.9. The summed E-state index contributed by atoms with van der Waals surface area (Å²) in [5.74, 6) is -0.0543. The van der Waals surface area contributed by atoms with Crippen molar-refractivity contribution in [1.29, 1.82) is 0 Å². The first-order chi connectivity index (χ1) is 7.66. The largest absolute Gasteiger partial charge is 0.350 e. The summed E-state index contributed by atoms with van der Waals surface area (Å²) in [6.45, 7) is 3.10. The molecule has 5 heteroatoms. The normalized spacial score (nSPS) is 34.6. The molecule has 2 rings (SSSR count). The highest BCUT2D eigenvalue weighted by atomic mass is 16.2. The number of amides is 2. The smallest absolute Gasteiger partial charge is 0.242 e. The Morgan fingerprint density at radius 3 is 2.88 bits per heavy atom. The summed E-state index contributed by atoms with van der Waals surface area (Å²) in [6, 6.07) is 0.190. The van der Waals surface area contributed by atoms with Gasteiger partial charge in [0.05, 0.1) is 0 Å². The maximum atomic E-state index is 11.9. The van der Waals surface area contributed by atoms with Crippen molar-refractivity contribution in [3.63, 3.8) is 0 Å². The molecule has 0 spiro atoms. The van der Waals surface area contributed by atoms with Crippen molar-refractivity contribution in [1.82, 2.24) is 16.0 Å². The summed E-state index contributed by atoms with van der Waals surface area (Å²) in [4.78, 5) is 22.9. The highest BCUT2D eigenvalue weighted by molar-refractivity contribution is 5.90. The number of piperidine rings is 1. The molecular weight excluding hydrogens is 206 g/mol. The van der Waals surface area contributed by atoms with Crippen LogP contribution in [0.4, 0.5) is 0 Å². The van der Waals surface area contributed by atoms with E-state index in [4.69, 9.17) is 0 Å². The Morgan fingerprint density at radius 1 is 1.44 bits per heavy atom. The number of hydrogen-bond acceptors (Lipinski definition) is 3. The van der Waals surface area contributed by atoms with Crippen LogP contribution in [0.2, 0.25) is 0 Å². The molecule has 2 heterocycles. The highest BCUT2D eigenvalue weighted by Gasteiger charge is 2.30. The van der Waals surface area contributed by atoms with Gasteiger partial charge in [-0.2, -0.15) is 0 Å². The van der Waals surface area contributed by atoms with Gasteiger partial charge in [0.2, 0.25) is 11.8 Å². The summed E-state index contributed by atoms with van der Waals surface area (Å²) in [7, 11) is 0. The van der Waals surface area contributed by atoms with Crippen molar-refractivity contribution in [3.8, 4) is 0 Å². The predicted octanol–water partition coefficient (Wildman–Crippen LogP) is -0.478. The molecule has 2 amide bonds. The molecule has 3 N–H and O–H groups in total. The molecule has 2 unspecified atom stereocenters. The second kappa shape index (κ2) is 4.82. The van der Waals surface area contributed by atoms with E-state index in [1.807, 2.05) is 0 Å². The summed E-state index contributed by atoms with van der Waals surface area (Å²) < 4.78 is 0. The number of hydrogen-bond donors (Lipinski definition) is 3. The van der Waals surface area contributed by atoms with Crippen molar-refractivity contribution in [2.75, 3.05) is 6.54 Å². The molecule has 3 atom stereocenters. The Labute approximate surface area is 95.3 Å². The van der Waals surface area contributed by atoms with Gasteiger partial charge in [0.15, 0.2) is 0 Å². The summed E-state index contributed by atoms with van der Waals surface area (Å²) in [5.41, 5.74) is 0. The fourth-order valence-corrected chi connectivity index (χ4v) is 2.34. The van der Waals surface area contributed by atoms with E-state index in [9.17, 15) is 9.59 Å². The molecule has 0 radical (unpaired) electrons. The van der Waals surface area contributed by atoms with Crippen LogP contribution in [0, 0.1) is 0 Å². The molecule has 2 aliphatic rings. The molecule has 0 aliphatic carbocycles. The van der Waals surface area contributed by atoms with Gasteiger partial charge in [0, 0.05) is 18.5 Å². The van der Waals surface area contributed by atoms with Gasteiger partial charge in [0.25, 0.3) is 0 Å². The molecule has 5 nitrogen and oxygen atoms in total. The van der Waals surface area contributed by atoms with E-state index < -0.39 is 0 Å². The number of carbonyl (C=O) groups is 2. The molecular formula is C11H19N3O2. The number of carbonyl (C=O) groups excluding carboxylic acids is 2. The van der Waals surface area contributed by atoms with Crippen molar-refractivity contribution >= 4 is 11.8 Å². The number of rotatable bonds is 2. The minimum atomic E-state index is -0.318. The summed E-state index contributed by atoms with van der Waals surface area (Å²) in [5, 5.41) is 9.04. The zero-order valence-corrected chi connectivity index (χ0v) is 9.58. The van der Waals surface area contributed by atoms with E-state index in [2.05, 4.69) is 22.9 Å². The van der Waals surface area contributed by atoms with Crippen molar-refractivity contribution in [2.24, 2.45) is 0 Å². The van der Waals surface area contributed by atoms with Gasteiger partial charge in [-0.05, 0) is 32.7 Å². The van der Waals surface area contributed by atoms with Gasteiger partial charge in [0.1, 0.15) is 6.04 Å². The van der Waals surface area contributed by atoms with E-state index >= 15 is 0 Å². The topological polar surface area (TPSA) is 70.2 Å². The predicted molar refractivity (Wildman–Crippen MR) is 59.8 cm³/mol. The van der Waals surface area contributed by atoms with Gasteiger partial charge in [-0.25, -0.2) is 0 Å². The lowest BCUT2D eigenvalue weighted by Gasteiger charge is -2.31.